The SMILES string of the molecule is CC1(CNS(=O)(=O)c2ccc(Br)c(Cl)c2)CCNCC1.Cl. The number of hydrogen-bond acceptors (Lipinski definition) is 3. The van der Waals surface area contributed by atoms with E-state index in [1.807, 2.05) is 0 Å². The summed E-state index contributed by atoms with van der Waals surface area (Å²) in [6.07, 6.45) is 1.94. The highest BCUT2D eigenvalue weighted by molar-refractivity contribution is 9.10. The minimum absolute atomic E-state index is 0. The molecule has 1 aromatic rings. The molecule has 8 heteroatoms. The van der Waals surface area contributed by atoms with Gasteiger partial charge in [0.05, 0.1) is 9.92 Å². The molecule has 0 amide bonds. The van der Waals surface area contributed by atoms with Crippen molar-refractivity contribution < 1.29 is 8.42 Å². The Hall–Kier alpha value is 0.150. The smallest absolute Gasteiger partial charge is 0.240 e. The Kier molecular flexibility index (Phi) is 6.96. The number of nitrogens with one attached hydrogen (secondary N) is 2. The molecule has 4 nitrogen and oxygen atoms in total. The largest absolute Gasteiger partial charge is 0.317 e. The average Bonchev–Trinajstić information content (AvgIpc) is 2.41. The fraction of sp³-hybridized carbons (Fsp3) is 0.538. The first kappa shape index (κ1) is 19.2. The van der Waals surface area contributed by atoms with Crippen LogP contribution in [-0.4, -0.2) is 28.1 Å². The maximum Gasteiger partial charge on any atom is 0.240 e. The highest BCUT2D eigenvalue weighted by Gasteiger charge is 2.28. The molecule has 0 saturated carbocycles. The van der Waals surface area contributed by atoms with Gasteiger partial charge < -0.3 is 5.32 Å². The van der Waals surface area contributed by atoms with Crippen LogP contribution >= 0.6 is 39.9 Å². The molecule has 1 aliphatic rings. The zero-order valence-electron chi connectivity index (χ0n) is 11.7. The molecule has 0 bridgehead atoms. The van der Waals surface area contributed by atoms with E-state index in [1.165, 1.54) is 6.07 Å². The molecular formula is C13H19BrCl2N2O2S. The van der Waals surface area contributed by atoms with Crippen LogP contribution in [0.25, 0.3) is 0 Å². The van der Waals surface area contributed by atoms with E-state index >= 15 is 0 Å². The first-order chi connectivity index (χ1) is 9.32. The third-order valence-electron chi connectivity index (χ3n) is 3.70. The maximum absolute atomic E-state index is 12.3. The lowest BCUT2D eigenvalue weighted by molar-refractivity contribution is 0.232. The third-order valence-corrected chi connectivity index (χ3v) is 6.33. The molecule has 1 aromatic carbocycles. The fourth-order valence-corrected chi connectivity index (χ4v) is 3.92. The van der Waals surface area contributed by atoms with E-state index in [2.05, 4.69) is 32.9 Å². The van der Waals surface area contributed by atoms with Gasteiger partial charge in [-0.15, -0.1) is 12.4 Å². The summed E-state index contributed by atoms with van der Waals surface area (Å²) in [6, 6.07) is 4.64. The van der Waals surface area contributed by atoms with Crippen molar-refractivity contribution in [2.45, 2.75) is 24.7 Å². The van der Waals surface area contributed by atoms with Crippen LogP contribution < -0.4 is 10.0 Å². The molecule has 0 unspecified atom stereocenters. The monoisotopic (exact) mass is 416 g/mol. The van der Waals surface area contributed by atoms with E-state index < -0.39 is 10.0 Å². The molecule has 120 valence electrons. The van der Waals surface area contributed by atoms with Gasteiger partial charge in [0.1, 0.15) is 0 Å². The predicted octanol–water partition coefficient (Wildman–Crippen LogP) is 3.19. The second-order valence-corrected chi connectivity index (χ2v) is 8.49. The first-order valence-electron chi connectivity index (χ1n) is 6.48. The molecule has 1 aliphatic heterocycles. The number of benzene rings is 1. The molecule has 2 rings (SSSR count). The van der Waals surface area contributed by atoms with Gasteiger partial charge in [-0.3, -0.25) is 0 Å². The van der Waals surface area contributed by atoms with Gasteiger partial charge in [-0.1, -0.05) is 18.5 Å². The normalized spacial score (nSPS) is 18.0. The molecule has 0 atom stereocenters. The lowest BCUT2D eigenvalue weighted by Crippen LogP contribution is -2.42. The summed E-state index contributed by atoms with van der Waals surface area (Å²) in [6.45, 7) is 4.43. The Morgan fingerprint density at radius 2 is 2.00 bits per heavy atom. The van der Waals surface area contributed by atoms with Gasteiger partial charge in [-0.05, 0) is 65.5 Å². The zero-order chi connectivity index (χ0) is 14.8. The molecule has 2 N–H and O–H groups in total. The van der Waals surface area contributed by atoms with Gasteiger partial charge in [0, 0.05) is 11.0 Å². The summed E-state index contributed by atoms with van der Waals surface area (Å²) >= 11 is 9.20. The van der Waals surface area contributed by atoms with Crippen molar-refractivity contribution in [2.75, 3.05) is 19.6 Å². The van der Waals surface area contributed by atoms with E-state index in [0.29, 0.717) is 16.0 Å². The molecule has 0 spiro atoms. The van der Waals surface area contributed by atoms with Gasteiger partial charge in [-0.25, -0.2) is 13.1 Å². The Bertz CT molecular complexity index is 590. The Labute approximate surface area is 145 Å². The lowest BCUT2D eigenvalue weighted by atomic mass is 9.81. The van der Waals surface area contributed by atoms with Gasteiger partial charge in [0.15, 0.2) is 0 Å². The Balaban J connectivity index is 0.00000220. The average molecular weight is 418 g/mol. The summed E-state index contributed by atoms with van der Waals surface area (Å²) in [5.74, 6) is 0. The summed E-state index contributed by atoms with van der Waals surface area (Å²) < 4.78 is 27.9. The lowest BCUT2D eigenvalue weighted by Gasteiger charge is -2.34. The van der Waals surface area contributed by atoms with Crippen LogP contribution in [0.2, 0.25) is 5.02 Å². The highest BCUT2D eigenvalue weighted by atomic mass is 79.9. The molecule has 0 aromatic heterocycles. The molecule has 1 fully saturated rings. The third kappa shape index (κ3) is 5.08. The molecule has 0 aliphatic carbocycles. The van der Waals surface area contributed by atoms with Crippen LogP contribution in [-0.2, 0) is 10.0 Å². The van der Waals surface area contributed by atoms with E-state index in [-0.39, 0.29) is 22.7 Å². The van der Waals surface area contributed by atoms with E-state index in [1.54, 1.807) is 12.1 Å². The summed E-state index contributed by atoms with van der Waals surface area (Å²) in [5.41, 5.74) is 0.0114. The molecule has 0 radical (unpaired) electrons. The van der Waals surface area contributed by atoms with Gasteiger partial charge >= 0.3 is 0 Å². The summed E-state index contributed by atoms with van der Waals surface area (Å²) in [4.78, 5) is 0.197. The van der Waals surface area contributed by atoms with Crippen LogP contribution in [0.3, 0.4) is 0 Å². The van der Waals surface area contributed by atoms with Gasteiger partial charge in [0.25, 0.3) is 0 Å². The summed E-state index contributed by atoms with van der Waals surface area (Å²) in [7, 11) is -3.51. The van der Waals surface area contributed by atoms with Crippen molar-refractivity contribution in [2.24, 2.45) is 5.41 Å². The fourth-order valence-electron chi connectivity index (χ4n) is 2.20. The van der Waals surface area contributed by atoms with E-state index in [4.69, 9.17) is 11.6 Å². The quantitative estimate of drug-likeness (QED) is 0.790. The number of sulfonamides is 1. The predicted molar refractivity (Wildman–Crippen MR) is 91.8 cm³/mol. The Morgan fingerprint density at radius 1 is 1.38 bits per heavy atom. The van der Waals surface area contributed by atoms with Crippen molar-refractivity contribution in [3.63, 3.8) is 0 Å². The minimum Gasteiger partial charge on any atom is -0.317 e. The number of piperidine rings is 1. The molecule has 1 saturated heterocycles. The van der Waals surface area contributed by atoms with Crippen molar-refractivity contribution in [3.8, 4) is 0 Å². The standard InChI is InChI=1S/C13H18BrClN2O2S.ClH/c1-13(4-6-16-7-5-13)9-17-20(18,19)10-2-3-11(14)12(15)8-10;/h2-3,8,16-17H,4-7,9H2,1H3;1H. The van der Waals surface area contributed by atoms with Crippen molar-refractivity contribution in [3.05, 3.63) is 27.7 Å². The second-order valence-electron chi connectivity index (χ2n) is 5.46. The minimum atomic E-state index is -3.51. The number of hydrogen-bond donors (Lipinski definition) is 2. The van der Waals surface area contributed by atoms with Crippen molar-refractivity contribution in [1.29, 1.82) is 0 Å². The molecular weight excluding hydrogens is 399 g/mol. The zero-order valence-corrected chi connectivity index (χ0v) is 15.6. The molecule has 1 heterocycles. The van der Waals surface area contributed by atoms with E-state index in [0.717, 1.165) is 25.9 Å². The van der Waals surface area contributed by atoms with Crippen LogP contribution in [0.1, 0.15) is 19.8 Å². The molecule has 21 heavy (non-hydrogen) atoms. The van der Waals surface area contributed by atoms with Crippen LogP contribution in [0.15, 0.2) is 27.6 Å². The van der Waals surface area contributed by atoms with Crippen LogP contribution in [0.5, 0.6) is 0 Å². The van der Waals surface area contributed by atoms with Crippen molar-refractivity contribution >= 4 is 50.0 Å². The topological polar surface area (TPSA) is 58.2 Å². The Morgan fingerprint density at radius 3 is 2.57 bits per heavy atom. The van der Waals surface area contributed by atoms with Crippen molar-refractivity contribution in [1.82, 2.24) is 10.0 Å². The maximum atomic E-state index is 12.3. The van der Waals surface area contributed by atoms with Crippen LogP contribution in [0, 0.1) is 5.41 Å². The first-order valence-corrected chi connectivity index (χ1v) is 9.13. The summed E-state index contributed by atoms with van der Waals surface area (Å²) in [5, 5.41) is 3.67. The second kappa shape index (κ2) is 7.62. The van der Waals surface area contributed by atoms with Gasteiger partial charge in [0.2, 0.25) is 10.0 Å². The van der Waals surface area contributed by atoms with E-state index in [9.17, 15) is 8.42 Å². The highest BCUT2D eigenvalue weighted by Crippen LogP contribution is 2.28. The van der Waals surface area contributed by atoms with Gasteiger partial charge in [-0.2, -0.15) is 0 Å². The van der Waals surface area contributed by atoms with Crippen LogP contribution in [0.4, 0.5) is 0 Å². The number of rotatable bonds is 4. The number of halogens is 3.